The first kappa shape index (κ1) is 24.6. The van der Waals surface area contributed by atoms with E-state index in [0.717, 1.165) is 30.9 Å². The predicted molar refractivity (Wildman–Crippen MR) is 119 cm³/mol. The van der Waals surface area contributed by atoms with E-state index < -0.39 is 5.97 Å². The molecule has 3 N–H and O–H groups in total. The van der Waals surface area contributed by atoms with Crippen LogP contribution in [0.15, 0.2) is 48.8 Å². The Morgan fingerprint density at radius 1 is 1.47 bits per heavy atom. The molecule has 7 heteroatoms. The van der Waals surface area contributed by atoms with Gasteiger partial charge in [0.1, 0.15) is 11.9 Å². The van der Waals surface area contributed by atoms with Gasteiger partial charge in [-0.25, -0.2) is 4.98 Å². The van der Waals surface area contributed by atoms with Crippen molar-refractivity contribution in [2.45, 2.75) is 45.4 Å². The van der Waals surface area contributed by atoms with Crippen molar-refractivity contribution in [2.24, 2.45) is 0 Å². The van der Waals surface area contributed by atoms with E-state index in [9.17, 15) is 4.79 Å². The van der Waals surface area contributed by atoms with Crippen LogP contribution >= 0.6 is 0 Å². The molecule has 30 heavy (non-hydrogen) atoms. The molecular formula is C23H30N4O3. The number of aliphatic carboxylic acids is 1. The molecule has 0 fully saturated rings. The highest BCUT2D eigenvalue weighted by Crippen LogP contribution is 2.19. The number of nitrogens with zero attached hydrogens (tertiary/aromatic N) is 2. The average molecular weight is 411 g/mol. The molecule has 0 spiro atoms. The Balaban J connectivity index is 0.000000804. The molecular weight excluding hydrogens is 380 g/mol. The van der Waals surface area contributed by atoms with E-state index in [4.69, 9.17) is 20.5 Å². The molecule has 0 atom stereocenters. The summed E-state index contributed by atoms with van der Waals surface area (Å²) in [5, 5.41) is 28.7. The van der Waals surface area contributed by atoms with Crippen molar-refractivity contribution >= 4 is 17.5 Å². The first-order valence-corrected chi connectivity index (χ1v) is 10.00. The molecule has 1 aromatic rings. The van der Waals surface area contributed by atoms with Gasteiger partial charge in [-0.3, -0.25) is 4.79 Å². The maximum Gasteiger partial charge on any atom is 0.303 e. The molecule has 0 unspecified atom stereocenters. The molecule has 0 radical (unpaired) electrons. The van der Waals surface area contributed by atoms with Crippen molar-refractivity contribution in [1.29, 1.82) is 10.7 Å². The topological polar surface area (TPSA) is 119 Å². The molecule has 2 rings (SSSR count). The maximum absolute atomic E-state index is 10.5. The maximum atomic E-state index is 10.5. The second-order valence-electron chi connectivity index (χ2n) is 6.59. The number of aryl methyl sites for hydroxylation is 1. The van der Waals surface area contributed by atoms with Crippen LogP contribution in [0.5, 0.6) is 0 Å². The standard InChI is InChI=1S/C18H22N4O3.C5H8/c19-12-16(11-14(20)4-1-5-17(23)24)25-10-8-15-7-6-13-3-2-9-21-18(13)22-15;1-3-5-4-2/h6-7,11,20H,1-5,8-10H2,(H,21,22)(H,23,24);3-5H,1H2,2H3/b16-11+,20-14?;5-4-. The van der Waals surface area contributed by atoms with Gasteiger partial charge in [-0.1, -0.05) is 30.9 Å². The van der Waals surface area contributed by atoms with Crippen molar-refractivity contribution < 1.29 is 14.6 Å². The number of pyridine rings is 1. The Hall–Kier alpha value is -3.40. The molecule has 1 aliphatic rings. The van der Waals surface area contributed by atoms with Crippen molar-refractivity contribution in [3.63, 3.8) is 0 Å². The first-order chi connectivity index (χ1) is 14.5. The molecule has 0 saturated heterocycles. The fourth-order valence-corrected chi connectivity index (χ4v) is 2.68. The Morgan fingerprint density at radius 3 is 2.90 bits per heavy atom. The van der Waals surface area contributed by atoms with E-state index in [1.165, 1.54) is 11.6 Å². The van der Waals surface area contributed by atoms with Crippen LogP contribution < -0.4 is 5.32 Å². The molecule has 1 aliphatic heterocycles. The second-order valence-corrected chi connectivity index (χ2v) is 6.59. The Morgan fingerprint density at radius 2 is 2.27 bits per heavy atom. The lowest BCUT2D eigenvalue weighted by atomic mass is 10.1. The number of anilines is 1. The van der Waals surface area contributed by atoms with Gasteiger partial charge in [-0.2, -0.15) is 5.26 Å². The summed E-state index contributed by atoms with van der Waals surface area (Å²) in [4.78, 5) is 15.0. The Kier molecular flexibility index (Phi) is 12.0. The first-order valence-electron chi connectivity index (χ1n) is 10.00. The summed E-state index contributed by atoms with van der Waals surface area (Å²) in [7, 11) is 0. The highest BCUT2D eigenvalue weighted by Gasteiger charge is 2.10. The van der Waals surface area contributed by atoms with Gasteiger partial charge in [0.05, 0.1) is 6.61 Å². The number of allylic oxidation sites excluding steroid dienone is 5. The summed E-state index contributed by atoms with van der Waals surface area (Å²) in [5.41, 5.74) is 2.30. The minimum absolute atomic E-state index is 0.0109. The lowest BCUT2D eigenvalue weighted by molar-refractivity contribution is -0.137. The summed E-state index contributed by atoms with van der Waals surface area (Å²) in [6.07, 6.45) is 10.3. The Bertz CT molecular complexity index is 822. The quantitative estimate of drug-likeness (QED) is 0.227. The van der Waals surface area contributed by atoms with Gasteiger partial charge >= 0.3 is 5.97 Å². The molecule has 0 aliphatic carbocycles. The monoisotopic (exact) mass is 410 g/mol. The molecule has 0 saturated carbocycles. The summed E-state index contributed by atoms with van der Waals surface area (Å²) < 4.78 is 5.42. The van der Waals surface area contributed by atoms with Crippen LogP contribution in [-0.2, 0) is 22.4 Å². The van der Waals surface area contributed by atoms with Gasteiger partial charge in [-0.15, -0.1) is 0 Å². The van der Waals surface area contributed by atoms with Crippen LogP contribution in [0.25, 0.3) is 0 Å². The zero-order chi connectivity index (χ0) is 22.2. The molecule has 0 aromatic carbocycles. The third-order valence-corrected chi connectivity index (χ3v) is 4.15. The minimum Gasteiger partial charge on any atom is -0.483 e. The number of hydrogen-bond acceptors (Lipinski definition) is 6. The van der Waals surface area contributed by atoms with Crippen LogP contribution in [0.4, 0.5) is 5.82 Å². The van der Waals surface area contributed by atoms with Gasteiger partial charge in [0.15, 0.2) is 5.76 Å². The predicted octanol–water partition coefficient (Wildman–Crippen LogP) is 4.43. The fourth-order valence-electron chi connectivity index (χ4n) is 2.68. The number of nitriles is 1. The third-order valence-electron chi connectivity index (χ3n) is 4.15. The number of ether oxygens (including phenoxy) is 1. The van der Waals surface area contributed by atoms with Crippen LogP contribution in [0.3, 0.4) is 0 Å². The number of fused-ring (bicyclic) bond motifs is 1. The number of carboxylic acids is 1. The van der Waals surface area contributed by atoms with Crippen LogP contribution in [0.2, 0.25) is 0 Å². The number of nitrogens with one attached hydrogen (secondary N) is 2. The van der Waals surface area contributed by atoms with E-state index in [-0.39, 0.29) is 17.9 Å². The lowest BCUT2D eigenvalue weighted by Crippen LogP contribution is -2.14. The van der Waals surface area contributed by atoms with Crippen molar-refractivity contribution in [2.75, 3.05) is 18.5 Å². The number of carboxylic acid groups (broad SMARTS) is 1. The van der Waals surface area contributed by atoms with Gasteiger partial charge in [0.2, 0.25) is 0 Å². The largest absolute Gasteiger partial charge is 0.483 e. The molecule has 7 nitrogen and oxygen atoms in total. The number of rotatable bonds is 10. The Labute approximate surface area is 178 Å². The highest BCUT2D eigenvalue weighted by molar-refractivity contribution is 5.93. The summed E-state index contributed by atoms with van der Waals surface area (Å²) in [6.45, 7) is 6.66. The zero-order valence-corrected chi connectivity index (χ0v) is 17.5. The van der Waals surface area contributed by atoms with Crippen LogP contribution in [0, 0.1) is 16.7 Å². The van der Waals surface area contributed by atoms with E-state index in [0.29, 0.717) is 25.9 Å². The molecule has 160 valence electrons. The summed E-state index contributed by atoms with van der Waals surface area (Å²) >= 11 is 0. The van der Waals surface area contributed by atoms with Gasteiger partial charge in [0.25, 0.3) is 0 Å². The van der Waals surface area contributed by atoms with Gasteiger partial charge in [0, 0.05) is 36.9 Å². The summed E-state index contributed by atoms with van der Waals surface area (Å²) in [5.74, 6) is 0.108. The minimum atomic E-state index is -0.888. The molecule has 0 amide bonds. The van der Waals surface area contributed by atoms with Gasteiger partial charge < -0.3 is 20.6 Å². The van der Waals surface area contributed by atoms with Crippen molar-refractivity contribution in [1.82, 2.24) is 4.98 Å². The molecule has 0 bridgehead atoms. The zero-order valence-electron chi connectivity index (χ0n) is 17.5. The van der Waals surface area contributed by atoms with Gasteiger partial charge in [-0.05, 0) is 44.2 Å². The van der Waals surface area contributed by atoms with E-state index >= 15 is 0 Å². The smallest absolute Gasteiger partial charge is 0.303 e. The number of aromatic nitrogens is 1. The normalized spacial score (nSPS) is 12.6. The highest BCUT2D eigenvalue weighted by atomic mass is 16.5. The van der Waals surface area contributed by atoms with Crippen molar-refractivity contribution in [3.05, 3.63) is 60.0 Å². The van der Waals surface area contributed by atoms with E-state index in [2.05, 4.69) is 22.9 Å². The third kappa shape index (κ3) is 10.2. The SMILES string of the molecule is C=C/C=C\C.N#C/C(=C\C(=N)CCCC(=O)O)OCCc1ccc2c(n1)NCCC2. The van der Waals surface area contributed by atoms with Crippen LogP contribution in [0.1, 0.15) is 43.9 Å². The lowest BCUT2D eigenvalue weighted by Gasteiger charge is -2.17. The second kappa shape index (κ2) is 14.6. The number of hydrogen-bond donors (Lipinski definition) is 3. The van der Waals surface area contributed by atoms with E-state index in [1.807, 2.05) is 31.2 Å². The van der Waals surface area contributed by atoms with Crippen molar-refractivity contribution in [3.8, 4) is 6.07 Å². The summed E-state index contributed by atoms with van der Waals surface area (Å²) in [6, 6.07) is 5.96. The van der Waals surface area contributed by atoms with Crippen LogP contribution in [-0.4, -0.2) is 34.9 Å². The average Bonchev–Trinajstić information content (AvgIpc) is 2.73. The van der Waals surface area contributed by atoms with E-state index in [1.54, 1.807) is 6.08 Å². The fraction of sp³-hybridized carbons (Fsp3) is 0.391. The number of carbonyl (C=O) groups is 1. The molecule has 2 heterocycles. The molecule has 1 aromatic heterocycles.